The summed E-state index contributed by atoms with van der Waals surface area (Å²) in [6.07, 6.45) is 0.0868. The lowest BCUT2D eigenvalue weighted by atomic mass is 10.2. The van der Waals surface area contributed by atoms with Gasteiger partial charge in [0.1, 0.15) is 11.5 Å². The van der Waals surface area contributed by atoms with E-state index < -0.39 is 5.97 Å². The van der Waals surface area contributed by atoms with Crippen LogP contribution < -0.4 is 14.8 Å². The summed E-state index contributed by atoms with van der Waals surface area (Å²) in [5.74, 6) is 0.978. The summed E-state index contributed by atoms with van der Waals surface area (Å²) in [5.41, 5.74) is 0. The van der Waals surface area contributed by atoms with Crippen molar-refractivity contribution in [2.75, 3.05) is 26.9 Å². The first-order valence-electron chi connectivity index (χ1n) is 7.20. The molecule has 0 aliphatic heterocycles. The number of carbonyl (C=O) groups is 2. The number of rotatable bonds is 9. The van der Waals surface area contributed by atoms with Gasteiger partial charge in [-0.25, -0.2) is 0 Å². The quantitative estimate of drug-likeness (QED) is 0.704. The van der Waals surface area contributed by atoms with Gasteiger partial charge in [0, 0.05) is 6.54 Å². The van der Waals surface area contributed by atoms with Crippen molar-refractivity contribution < 1.29 is 23.8 Å². The largest absolute Gasteiger partial charge is 0.497 e. The van der Waals surface area contributed by atoms with Crippen molar-refractivity contribution in [3.8, 4) is 11.5 Å². The van der Waals surface area contributed by atoms with Gasteiger partial charge in [-0.15, -0.1) is 0 Å². The molecule has 6 nitrogen and oxygen atoms in total. The highest BCUT2D eigenvalue weighted by Crippen LogP contribution is 2.16. The number of hydrogen-bond acceptors (Lipinski definition) is 5. The van der Waals surface area contributed by atoms with Gasteiger partial charge >= 0.3 is 5.97 Å². The average molecular weight is 309 g/mol. The molecule has 0 atom stereocenters. The van der Waals surface area contributed by atoms with Crippen LogP contribution in [0.1, 0.15) is 20.3 Å². The zero-order valence-corrected chi connectivity index (χ0v) is 13.3. The van der Waals surface area contributed by atoms with Crippen molar-refractivity contribution in [3.05, 3.63) is 24.3 Å². The molecule has 0 heterocycles. The summed E-state index contributed by atoms with van der Waals surface area (Å²) in [7, 11) is 1.59. The van der Waals surface area contributed by atoms with Crippen molar-refractivity contribution in [3.63, 3.8) is 0 Å². The maximum atomic E-state index is 11.5. The predicted octanol–water partition coefficient (Wildman–Crippen LogP) is 1.78. The lowest BCUT2D eigenvalue weighted by Crippen LogP contribution is -2.31. The summed E-state index contributed by atoms with van der Waals surface area (Å²) in [6.45, 7) is 4.48. The zero-order chi connectivity index (χ0) is 16.4. The fraction of sp³-hybridized carbons (Fsp3) is 0.500. The second-order valence-corrected chi connectivity index (χ2v) is 5.13. The average Bonchev–Trinajstić information content (AvgIpc) is 2.51. The summed E-state index contributed by atoms with van der Waals surface area (Å²) in [6, 6.07) is 7.05. The van der Waals surface area contributed by atoms with Gasteiger partial charge in [0.15, 0.2) is 6.61 Å². The fourth-order valence-corrected chi connectivity index (χ4v) is 1.51. The van der Waals surface area contributed by atoms with Gasteiger partial charge in [-0.05, 0) is 30.2 Å². The highest BCUT2D eigenvalue weighted by molar-refractivity contribution is 5.80. The van der Waals surface area contributed by atoms with E-state index in [0.717, 1.165) is 5.75 Å². The van der Waals surface area contributed by atoms with E-state index >= 15 is 0 Å². The van der Waals surface area contributed by atoms with Crippen LogP contribution in [0.2, 0.25) is 0 Å². The topological polar surface area (TPSA) is 73.9 Å². The molecule has 1 N–H and O–H groups in total. The second-order valence-electron chi connectivity index (χ2n) is 5.13. The Morgan fingerprint density at radius 3 is 2.36 bits per heavy atom. The third kappa shape index (κ3) is 7.52. The highest BCUT2D eigenvalue weighted by Gasteiger charge is 2.08. The van der Waals surface area contributed by atoms with Crippen molar-refractivity contribution >= 4 is 11.9 Å². The maximum Gasteiger partial charge on any atom is 0.309 e. The van der Waals surface area contributed by atoms with E-state index in [4.69, 9.17) is 14.2 Å². The van der Waals surface area contributed by atoms with E-state index in [2.05, 4.69) is 5.32 Å². The van der Waals surface area contributed by atoms with Crippen LogP contribution in [-0.2, 0) is 14.3 Å². The lowest BCUT2D eigenvalue weighted by molar-refractivity contribution is -0.149. The van der Waals surface area contributed by atoms with Crippen LogP contribution >= 0.6 is 0 Å². The number of hydrogen-bond donors (Lipinski definition) is 1. The normalized spacial score (nSPS) is 10.2. The molecule has 0 radical (unpaired) electrons. The molecule has 1 amide bonds. The molecule has 0 saturated heterocycles. The highest BCUT2D eigenvalue weighted by atomic mass is 16.5. The van der Waals surface area contributed by atoms with Crippen LogP contribution in [0.25, 0.3) is 0 Å². The smallest absolute Gasteiger partial charge is 0.309 e. The van der Waals surface area contributed by atoms with Crippen LogP contribution in [0, 0.1) is 5.92 Å². The van der Waals surface area contributed by atoms with Crippen LogP contribution in [0.3, 0.4) is 0 Å². The van der Waals surface area contributed by atoms with Crippen LogP contribution in [0.5, 0.6) is 11.5 Å². The Morgan fingerprint density at radius 2 is 1.77 bits per heavy atom. The monoisotopic (exact) mass is 309 g/mol. The van der Waals surface area contributed by atoms with E-state index in [-0.39, 0.29) is 25.5 Å². The molecule has 1 rings (SSSR count). The fourth-order valence-electron chi connectivity index (χ4n) is 1.51. The van der Waals surface area contributed by atoms with Crippen LogP contribution in [0.15, 0.2) is 24.3 Å². The molecular formula is C16H23NO5. The van der Waals surface area contributed by atoms with Gasteiger partial charge in [0.25, 0.3) is 5.91 Å². The zero-order valence-electron chi connectivity index (χ0n) is 13.3. The molecule has 1 aromatic rings. The van der Waals surface area contributed by atoms with E-state index in [1.807, 2.05) is 13.8 Å². The molecule has 0 aliphatic rings. The second kappa shape index (κ2) is 9.65. The number of methoxy groups -OCH3 is 1. The molecule has 122 valence electrons. The summed E-state index contributed by atoms with van der Waals surface area (Å²) in [4.78, 5) is 22.9. The Labute approximate surface area is 130 Å². The molecule has 1 aromatic carbocycles. The van der Waals surface area contributed by atoms with Gasteiger partial charge in [-0.2, -0.15) is 0 Å². The number of benzene rings is 1. The van der Waals surface area contributed by atoms with Gasteiger partial charge in [-0.3, -0.25) is 9.59 Å². The van der Waals surface area contributed by atoms with Crippen LogP contribution in [0.4, 0.5) is 0 Å². The molecule has 0 saturated carbocycles. The first-order valence-corrected chi connectivity index (χ1v) is 7.20. The number of amides is 1. The van der Waals surface area contributed by atoms with E-state index in [0.29, 0.717) is 18.2 Å². The Hall–Kier alpha value is -2.24. The lowest BCUT2D eigenvalue weighted by Gasteiger charge is -2.09. The number of nitrogens with one attached hydrogen (secondary N) is 1. The molecule has 22 heavy (non-hydrogen) atoms. The standard InChI is InChI=1S/C16H23NO5/c1-12(2)10-17-15(18)11-22-16(19)8-9-21-14-6-4-13(20-3)5-7-14/h4-7,12H,8-11H2,1-3H3,(H,17,18). The Morgan fingerprint density at radius 1 is 1.14 bits per heavy atom. The van der Waals surface area contributed by atoms with Crippen molar-refractivity contribution in [1.82, 2.24) is 5.32 Å². The molecule has 6 heteroatoms. The third-order valence-corrected chi connectivity index (χ3v) is 2.71. The van der Waals surface area contributed by atoms with Crippen molar-refractivity contribution in [1.29, 1.82) is 0 Å². The Bertz CT molecular complexity index is 470. The maximum absolute atomic E-state index is 11.5. The molecule has 0 spiro atoms. The van der Waals surface area contributed by atoms with Gasteiger partial charge in [0.2, 0.25) is 0 Å². The third-order valence-electron chi connectivity index (χ3n) is 2.71. The number of carbonyl (C=O) groups excluding carboxylic acids is 2. The number of esters is 1. The molecule has 0 fully saturated rings. The van der Waals surface area contributed by atoms with Gasteiger partial charge in [-0.1, -0.05) is 13.8 Å². The van der Waals surface area contributed by atoms with Gasteiger partial charge in [0.05, 0.1) is 20.1 Å². The van der Waals surface area contributed by atoms with Crippen molar-refractivity contribution in [2.24, 2.45) is 5.92 Å². The van der Waals surface area contributed by atoms with Gasteiger partial charge < -0.3 is 19.5 Å². The molecular weight excluding hydrogens is 286 g/mol. The molecule has 0 aromatic heterocycles. The van der Waals surface area contributed by atoms with Crippen molar-refractivity contribution in [2.45, 2.75) is 20.3 Å². The summed E-state index contributed by atoms with van der Waals surface area (Å²) >= 11 is 0. The minimum Gasteiger partial charge on any atom is -0.497 e. The van der Waals surface area contributed by atoms with E-state index in [1.54, 1.807) is 31.4 Å². The SMILES string of the molecule is COc1ccc(OCCC(=O)OCC(=O)NCC(C)C)cc1. The van der Waals surface area contributed by atoms with Crippen LogP contribution in [-0.4, -0.2) is 38.7 Å². The van der Waals surface area contributed by atoms with E-state index in [9.17, 15) is 9.59 Å². The molecule has 0 unspecified atom stereocenters. The Kier molecular flexibility index (Phi) is 7.81. The minimum atomic E-state index is -0.465. The Balaban J connectivity index is 2.16. The first-order chi connectivity index (χ1) is 10.5. The molecule has 0 bridgehead atoms. The predicted molar refractivity (Wildman–Crippen MR) is 81.9 cm³/mol. The first kappa shape index (κ1) is 17.8. The minimum absolute atomic E-state index is 0.0868. The summed E-state index contributed by atoms with van der Waals surface area (Å²) < 4.78 is 15.3. The summed E-state index contributed by atoms with van der Waals surface area (Å²) in [5, 5.41) is 2.67. The number of ether oxygens (including phenoxy) is 3. The molecule has 0 aliphatic carbocycles. The van der Waals surface area contributed by atoms with E-state index in [1.165, 1.54) is 0 Å².